The topological polar surface area (TPSA) is 64.7 Å². The molecule has 1 N–H and O–H groups in total. The second-order valence-corrected chi connectivity index (χ2v) is 7.95. The number of hydrogen-bond acceptors (Lipinski definition) is 3. The number of halogens is 3. The van der Waals surface area contributed by atoms with E-state index in [1.165, 1.54) is 10.9 Å². The van der Waals surface area contributed by atoms with E-state index in [1.807, 2.05) is 25.1 Å². The van der Waals surface area contributed by atoms with E-state index >= 15 is 0 Å². The molecule has 0 bridgehead atoms. The molecule has 6 nitrogen and oxygen atoms in total. The van der Waals surface area contributed by atoms with Gasteiger partial charge in [-0.25, -0.2) is 0 Å². The molecule has 0 saturated heterocycles. The molecule has 0 saturated carbocycles. The van der Waals surface area contributed by atoms with Crippen molar-refractivity contribution in [3.8, 4) is 0 Å². The summed E-state index contributed by atoms with van der Waals surface area (Å²) in [5.74, 6) is -0.432. The number of fused-ring (bicyclic) bond motifs is 1. The number of anilines is 1. The van der Waals surface area contributed by atoms with Crippen LogP contribution in [-0.2, 0) is 36.9 Å². The van der Waals surface area contributed by atoms with Crippen LogP contribution in [0.5, 0.6) is 0 Å². The fraction of sp³-hybridized carbons (Fsp3) is 0.409. The zero-order chi connectivity index (χ0) is 22.0. The molecule has 0 unspecified atom stereocenters. The summed E-state index contributed by atoms with van der Waals surface area (Å²) in [4.78, 5) is 12.5. The summed E-state index contributed by atoms with van der Waals surface area (Å²) >= 11 is 0. The first kappa shape index (κ1) is 21.1. The highest BCUT2D eigenvalue weighted by molar-refractivity contribution is 5.90. The van der Waals surface area contributed by atoms with Gasteiger partial charge in [0.2, 0.25) is 5.91 Å². The van der Waals surface area contributed by atoms with Crippen LogP contribution in [0.15, 0.2) is 36.7 Å². The first-order chi connectivity index (χ1) is 14.8. The van der Waals surface area contributed by atoms with Crippen LogP contribution in [-0.4, -0.2) is 25.5 Å². The molecule has 2 heterocycles. The van der Waals surface area contributed by atoms with Crippen LogP contribution >= 0.6 is 0 Å². The molecule has 164 valence electrons. The summed E-state index contributed by atoms with van der Waals surface area (Å²) in [5, 5.41) is 10.7. The number of rotatable bonds is 5. The fourth-order valence-electron chi connectivity index (χ4n) is 4.05. The average molecular weight is 431 g/mol. The fourth-order valence-corrected chi connectivity index (χ4v) is 4.05. The van der Waals surface area contributed by atoms with Crippen LogP contribution in [0.25, 0.3) is 0 Å². The largest absolute Gasteiger partial charge is 0.435 e. The Morgan fingerprint density at radius 3 is 2.77 bits per heavy atom. The van der Waals surface area contributed by atoms with Crippen LogP contribution in [0.3, 0.4) is 0 Å². The Hall–Kier alpha value is -3.10. The monoisotopic (exact) mass is 431 g/mol. The van der Waals surface area contributed by atoms with E-state index < -0.39 is 17.8 Å². The normalized spacial score (nSPS) is 14.2. The summed E-state index contributed by atoms with van der Waals surface area (Å²) < 4.78 is 43.2. The Balaban J connectivity index is 1.46. The Kier molecular flexibility index (Phi) is 5.84. The average Bonchev–Trinajstić information content (AvgIpc) is 3.17. The van der Waals surface area contributed by atoms with Crippen molar-refractivity contribution in [2.75, 3.05) is 5.32 Å². The molecule has 1 aromatic carbocycles. The number of carbonyl (C=O) groups excluding carboxylic acids is 1. The molecule has 9 heteroatoms. The van der Waals surface area contributed by atoms with Crippen molar-refractivity contribution in [2.45, 2.75) is 58.3 Å². The van der Waals surface area contributed by atoms with Crippen molar-refractivity contribution >= 4 is 11.6 Å². The smallest absolute Gasteiger partial charge is 0.322 e. The Labute approximate surface area is 178 Å². The van der Waals surface area contributed by atoms with E-state index in [0.29, 0.717) is 37.2 Å². The SMILES string of the molecule is Cc1cccc(Cn2cc(NC(=O)Cn3nc(C(F)(F)F)c4c3CCCCC4)cn2)c1. The molecule has 2 aromatic heterocycles. The molecule has 1 aliphatic rings. The first-order valence-electron chi connectivity index (χ1n) is 10.3. The van der Waals surface area contributed by atoms with Crippen molar-refractivity contribution < 1.29 is 18.0 Å². The zero-order valence-corrected chi connectivity index (χ0v) is 17.2. The van der Waals surface area contributed by atoms with E-state index in [0.717, 1.165) is 24.0 Å². The molecule has 4 rings (SSSR count). The second kappa shape index (κ2) is 8.56. The van der Waals surface area contributed by atoms with Crippen LogP contribution < -0.4 is 5.32 Å². The lowest BCUT2D eigenvalue weighted by atomic mass is 10.1. The number of hydrogen-bond donors (Lipinski definition) is 1. The molecule has 0 aliphatic heterocycles. The van der Waals surface area contributed by atoms with Gasteiger partial charge in [0.1, 0.15) is 6.54 Å². The standard InChI is InChI=1S/C22H24F3N5O/c1-15-6-5-7-16(10-15)12-29-13-17(11-26-29)27-20(31)14-30-19-9-4-2-3-8-18(19)21(28-30)22(23,24)25/h5-7,10-11,13H,2-4,8-9,12,14H2,1H3,(H,27,31). The Bertz CT molecular complexity index is 1080. The highest BCUT2D eigenvalue weighted by Crippen LogP contribution is 2.35. The van der Waals surface area contributed by atoms with Gasteiger partial charge < -0.3 is 5.32 Å². The third kappa shape index (κ3) is 4.98. The summed E-state index contributed by atoms with van der Waals surface area (Å²) in [7, 11) is 0. The van der Waals surface area contributed by atoms with Gasteiger partial charge in [0.15, 0.2) is 5.69 Å². The maximum absolute atomic E-state index is 13.4. The van der Waals surface area contributed by atoms with Crippen LogP contribution in [0.2, 0.25) is 0 Å². The van der Waals surface area contributed by atoms with Gasteiger partial charge in [0.25, 0.3) is 0 Å². The number of carbonyl (C=O) groups is 1. The van der Waals surface area contributed by atoms with Crippen LogP contribution in [0.4, 0.5) is 18.9 Å². The Morgan fingerprint density at radius 1 is 1.19 bits per heavy atom. The van der Waals surface area contributed by atoms with Gasteiger partial charge in [-0.2, -0.15) is 23.4 Å². The minimum Gasteiger partial charge on any atom is -0.322 e. The first-order valence-corrected chi connectivity index (χ1v) is 10.3. The summed E-state index contributed by atoms with van der Waals surface area (Å²) in [6, 6.07) is 8.04. The highest BCUT2D eigenvalue weighted by Gasteiger charge is 2.39. The zero-order valence-electron chi connectivity index (χ0n) is 17.2. The summed E-state index contributed by atoms with van der Waals surface area (Å²) in [6.07, 6.45) is 1.92. The third-order valence-corrected chi connectivity index (χ3v) is 5.41. The van der Waals surface area contributed by atoms with Crippen molar-refractivity contribution in [3.63, 3.8) is 0 Å². The van der Waals surface area contributed by atoms with Gasteiger partial charge in [-0.1, -0.05) is 36.2 Å². The number of amides is 1. The Morgan fingerprint density at radius 2 is 2.00 bits per heavy atom. The molecular weight excluding hydrogens is 407 g/mol. The highest BCUT2D eigenvalue weighted by atomic mass is 19.4. The maximum atomic E-state index is 13.4. The van der Waals surface area contributed by atoms with Crippen molar-refractivity contribution in [2.24, 2.45) is 0 Å². The van der Waals surface area contributed by atoms with Gasteiger partial charge >= 0.3 is 6.18 Å². The third-order valence-electron chi connectivity index (χ3n) is 5.41. The number of aryl methyl sites for hydroxylation is 1. The molecule has 1 amide bonds. The van der Waals surface area contributed by atoms with Crippen LogP contribution in [0.1, 0.15) is 47.3 Å². The molecule has 0 fully saturated rings. The van der Waals surface area contributed by atoms with Gasteiger partial charge in [-0.15, -0.1) is 0 Å². The molecule has 0 spiro atoms. The summed E-state index contributed by atoms with van der Waals surface area (Å²) in [5.41, 5.74) is 2.63. The van der Waals surface area contributed by atoms with Crippen molar-refractivity contribution in [1.29, 1.82) is 0 Å². The van der Waals surface area contributed by atoms with Crippen molar-refractivity contribution in [1.82, 2.24) is 19.6 Å². The second-order valence-electron chi connectivity index (χ2n) is 7.95. The number of aromatic nitrogens is 4. The lowest BCUT2D eigenvalue weighted by molar-refractivity contribution is -0.142. The molecule has 1 aliphatic carbocycles. The molecule has 31 heavy (non-hydrogen) atoms. The van der Waals surface area contributed by atoms with Gasteiger partial charge in [-0.3, -0.25) is 14.2 Å². The van der Waals surface area contributed by atoms with E-state index in [2.05, 4.69) is 21.6 Å². The van der Waals surface area contributed by atoms with Gasteiger partial charge in [0.05, 0.1) is 18.4 Å². The van der Waals surface area contributed by atoms with E-state index in [4.69, 9.17) is 0 Å². The molecule has 0 atom stereocenters. The molecular formula is C22H24F3N5O. The number of nitrogens with one attached hydrogen (secondary N) is 1. The minimum absolute atomic E-state index is 0.240. The quantitative estimate of drug-likeness (QED) is 0.611. The van der Waals surface area contributed by atoms with Gasteiger partial charge in [0, 0.05) is 17.5 Å². The maximum Gasteiger partial charge on any atom is 0.435 e. The number of benzene rings is 1. The lowest BCUT2D eigenvalue weighted by Gasteiger charge is -2.07. The predicted octanol–water partition coefficient (Wildman–Crippen LogP) is 4.36. The molecule has 0 radical (unpaired) electrons. The van der Waals surface area contributed by atoms with E-state index in [9.17, 15) is 18.0 Å². The minimum atomic E-state index is -4.52. The van der Waals surface area contributed by atoms with E-state index in [-0.39, 0.29) is 12.1 Å². The predicted molar refractivity (Wildman–Crippen MR) is 110 cm³/mol. The van der Waals surface area contributed by atoms with Crippen LogP contribution in [0, 0.1) is 6.92 Å². The molecule has 3 aromatic rings. The van der Waals surface area contributed by atoms with E-state index in [1.54, 1.807) is 10.9 Å². The summed E-state index contributed by atoms with van der Waals surface area (Å²) in [6.45, 7) is 2.30. The number of nitrogens with zero attached hydrogens (tertiary/aromatic N) is 4. The van der Waals surface area contributed by atoms with Gasteiger partial charge in [-0.05, 0) is 38.2 Å². The van der Waals surface area contributed by atoms with Crippen molar-refractivity contribution in [3.05, 3.63) is 64.7 Å². The lowest BCUT2D eigenvalue weighted by Crippen LogP contribution is -2.21. The number of alkyl halides is 3.